The Kier molecular flexibility index (Phi) is 5.74. The Balaban J connectivity index is 2.41. The lowest BCUT2D eigenvalue weighted by molar-refractivity contribution is 0.454. The smallest absolute Gasteiger partial charge is 0.241 e. The largest absolute Gasteiger partial charge is 0.373 e. The highest BCUT2D eigenvalue weighted by Gasteiger charge is 2.25. The van der Waals surface area contributed by atoms with Crippen LogP contribution in [0.5, 0.6) is 0 Å². The molecule has 24 heavy (non-hydrogen) atoms. The number of rotatable bonds is 7. The van der Waals surface area contributed by atoms with Gasteiger partial charge in [0.05, 0.1) is 16.6 Å². The van der Waals surface area contributed by atoms with Gasteiger partial charge in [-0.3, -0.25) is 0 Å². The summed E-state index contributed by atoms with van der Waals surface area (Å²) in [6.45, 7) is 3.89. The van der Waals surface area contributed by atoms with Crippen LogP contribution in [0.15, 0.2) is 41.3 Å². The molecular weight excluding hydrogens is 326 g/mol. The fourth-order valence-electron chi connectivity index (χ4n) is 2.24. The third-order valence-electron chi connectivity index (χ3n) is 3.55. The highest BCUT2D eigenvalue weighted by Crippen LogP contribution is 2.25. The minimum atomic E-state index is -3.64. The molecule has 0 aliphatic heterocycles. The van der Waals surface area contributed by atoms with Crippen LogP contribution < -0.4 is 15.4 Å². The topological polar surface area (TPSA) is 96.0 Å². The minimum Gasteiger partial charge on any atom is -0.373 e. The average molecular weight is 349 g/mol. The van der Waals surface area contributed by atoms with Crippen LogP contribution in [-0.4, -0.2) is 32.5 Å². The lowest BCUT2D eigenvalue weighted by Gasteiger charge is -2.22. The number of nitrogens with zero attached hydrogens (tertiary/aromatic N) is 2. The summed E-state index contributed by atoms with van der Waals surface area (Å²) in [5, 5.41) is 5.85. The number of anilines is 2. The maximum Gasteiger partial charge on any atom is 0.241 e. The zero-order valence-corrected chi connectivity index (χ0v) is 15.1. The van der Waals surface area contributed by atoms with E-state index in [1.165, 1.54) is 0 Å². The van der Waals surface area contributed by atoms with Crippen molar-refractivity contribution in [2.45, 2.75) is 24.8 Å². The van der Waals surface area contributed by atoms with E-state index in [4.69, 9.17) is 0 Å². The molecule has 8 heteroatoms. The molecule has 3 N–H and O–H groups in total. The summed E-state index contributed by atoms with van der Waals surface area (Å²) < 4.78 is 28.0. The van der Waals surface area contributed by atoms with Crippen molar-refractivity contribution < 1.29 is 8.42 Å². The van der Waals surface area contributed by atoms with Crippen LogP contribution in [-0.2, 0) is 10.0 Å². The molecule has 1 atom stereocenters. The van der Waals surface area contributed by atoms with Gasteiger partial charge < -0.3 is 10.6 Å². The van der Waals surface area contributed by atoms with Crippen LogP contribution in [0.1, 0.15) is 25.6 Å². The van der Waals surface area contributed by atoms with E-state index in [1.807, 2.05) is 13.8 Å². The molecule has 130 valence electrons. The zero-order valence-electron chi connectivity index (χ0n) is 14.2. The summed E-state index contributed by atoms with van der Waals surface area (Å²) in [5.41, 5.74) is 0.605. The maximum atomic E-state index is 12.6. The molecule has 0 bridgehead atoms. The Morgan fingerprint density at radius 1 is 1.00 bits per heavy atom. The molecule has 0 amide bonds. The first-order valence-corrected chi connectivity index (χ1v) is 9.17. The molecule has 0 saturated heterocycles. The monoisotopic (exact) mass is 349 g/mol. The first-order valence-electron chi connectivity index (χ1n) is 7.69. The van der Waals surface area contributed by atoms with Crippen LogP contribution in [0.2, 0.25) is 0 Å². The molecule has 0 saturated carbocycles. The quantitative estimate of drug-likeness (QED) is 0.709. The highest BCUT2D eigenvalue weighted by atomic mass is 32.2. The number of hydrogen-bond acceptors (Lipinski definition) is 6. The Morgan fingerprint density at radius 2 is 1.67 bits per heavy atom. The van der Waals surface area contributed by atoms with Gasteiger partial charge in [-0.2, -0.15) is 4.98 Å². The Morgan fingerprint density at radius 3 is 2.21 bits per heavy atom. The highest BCUT2D eigenvalue weighted by molar-refractivity contribution is 7.89. The fourth-order valence-corrected chi connectivity index (χ4v) is 3.62. The van der Waals surface area contributed by atoms with Crippen molar-refractivity contribution in [2.75, 3.05) is 24.7 Å². The van der Waals surface area contributed by atoms with Crippen molar-refractivity contribution in [2.24, 2.45) is 5.92 Å². The number of benzene rings is 1. The summed E-state index contributed by atoms with van der Waals surface area (Å²) in [6, 6.07) is 9.58. The molecule has 7 nitrogen and oxygen atoms in total. The predicted molar refractivity (Wildman–Crippen MR) is 95.5 cm³/mol. The second kappa shape index (κ2) is 7.59. The molecule has 2 rings (SSSR count). The zero-order chi connectivity index (χ0) is 17.7. The van der Waals surface area contributed by atoms with Crippen molar-refractivity contribution in [3.05, 3.63) is 42.1 Å². The molecule has 0 aliphatic carbocycles. The predicted octanol–water partition coefficient (Wildman–Crippen LogP) is 2.24. The Hall–Kier alpha value is -2.19. The van der Waals surface area contributed by atoms with Crippen molar-refractivity contribution in [3.63, 3.8) is 0 Å². The van der Waals surface area contributed by atoms with E-state index >= 15 is 0 Å². The van der Waals surface area contributed by atoms with E-state index in [1.54, 1.807) is 50.5 Å². The van der Waals surface area contributed by atoms with E-state index in [0.29, 0.717) is 17.5 Å². The van der Waals surface area contributed by atoms with Gasteiger partial charge in [0.25, 0.3) is 0 Å². The fraction of sp³-hybridized carbons (Fsp3) is 0.375. The van der Waals surface area contributed by atoms with Gasteiger partial charge in [0.15, 0.2) is 0 Å². The number of nitrogens with one attached hydrogen (secondary N) is 3. The summed E-state index contributed by atoms with van der Waals surface area (Å²) in [5.74, 6) is 1.06. The normalized spacial score (nSPS) is 12.9. The van der Waals surface area contributed by atoms with Crippen molar-refractivity contribution >= 4 is 21.8 Å². The van der Waals surface area contributed by atoms with Crippen molar-refractivity contribution in [1.82, 2.24) is 14.7 Å². The molecule has 1 heterocycles. The molecule has 1 unspecified atom stereocenters. The van der Waals surface area contributed by atoms with E-state index < -0.39 is 16.1 Å². The van der Waals surface area contributed by atoms with E-state index in [2.05, 4.69) is 25.3 Å². The summed E-state index contributed by atoms with van der Waals surface area (Å²) in [4.78, 5) is 8.90. The molecular formula is C16H23N5O2S. The van der Waals surface area contributed by atoms with Gasteiger partial charge in [0.1, 0.15) is 5.82 Å². The van der Waals surface area contributed by atoms with Gasteiger partial charge in [-0.25, -0.2) is 18.1 Å². The molecule has 1 aromatic heterocycles. The Bertz CT molecular complexity index is 756. The van der Waals surface area contributed by atoms with Crippen LogP contribution >= 0.6 is 0 Å². The maximum absolute atomic E-state index is 12.6. The first-order chi connectivity index (χ1) is 11.4. The van der Waals surface area contributed by atoms with Crippen LogP contribution in [0.4, 0.5) is 11.8 Å². The molecule has 0 aliphatic rings. The van der Waals surface area contributed by atoms with Crippen molar-refractivity contribution in [1.29, 1.82) is 0 Å². The standard InChI is InChI=1S/C16H23N5O2S/c1-11(2)15(13-10-14(17-3)20-16(18-4)19-13)21-24(22,23)12-8-6-5-7-9-12/h5-11,15,21H,1-4H3,(H2,17,18,19,20). The van der Waals surface area contributed by atoms with E-state index in [-0.39, 0.29) is 10.8 Å². The first kappa shape index (κ1) is 18.2. The van der Waals surface area contributed by atoms with Crippen LogP contribution in [0.3, 0.4) is 0 Å². The van der Waals surface area contributed by atoms with Crippen molar-refractivity contribution in [3.8, 4) is 0 Å². The third kappa shape index (κ3) is 4.21. The lowest BCUT2D eigenvalue weighted by atomic mass is 10.0. The summed E-state index contributed by atoms with van der Waals surface area (Å²) in [6.07, 6.45) is 0. The lowest BCUT2D eigenvalue weighted by Crippen LogP contribution is -2.32. The molecule has 0 radical (unpaired) electrons. The molecule has 2 aromatic rings. The summed E-state index contributed by atoms with van der Waals surface area (Å²) in [7, 11) is -0.170. The van der Waals surface area contributed by atoms with Gasteiger partial charge in [0.2, 0.25) is 16.0 Å². The van der Waals surface area contributed by atoms with E-state index in [0.717, 1.165) is 0 Å². The van der Waals surface area contributed by atoms with Gasteiger partial charge in [-0.15, -0.1) is 0 Å². The second-order valence-electron chi connectivity index (χ2n) is 5.66. The van der Waals surface area contributed by atoms with Gasteiger partial charge in [-0.1, -0.05) is 32.0 Å². The van der Waals surface area contributed by atoms with Crippen LogP contribution in [0, 0.1) is 5.92 Å². The van der Waals surface area contributed by atoms with Gasteiger partial charge in [0, 0.05) is 20.2 Å². The molecule has 0 spiro atoms. The van der Waals surface area contributed by atoms with E-state index in [9.17, 15) is 8.42 Å². The van der Waals surface area contributed by atoms with Gasteiger partial charge in [-0.05, 0) is 18.1 Å². The Labute approximate surface area is 143 Å². The summed E-state index contributed by atoms with van der Waals surface area (Å²) >= 11 is 0. The van der Waals surface area contributed by atoms with Crippen LogP contribution in [0.25, 0.3) is 0 Å². The van der Waals surface area contributed by atoms with Gasteiger partial charge >= 0.3 is 0 Å². The average Bonchev–Trinajstić information content (AvgIpc) is 2.59. The third-order valence-corrected chi connectivity index (χ3v) is 5.00. The second-order valence-corrected chi connectivity index (χ2v) is 7.37. The number of hydrogen-bond donors (Lipinski definition) is 3. The SMILES string of the molecule is CNc1cc(C(NS(=O)(=O)c2ccccc2)C(C)C)nc(NC)n1. The number of aromatic nitrogens is 2. The molecule has 1 aromatic carbocycles. The number of sulfonamides is 1. The minimum absolute atomic E-state index is 0.00722. The molecule has 0 fully saturated rings.